The minimum Gasteiger partial charge on any atom is -1.00 e. The van der Waals surface area contributed by atoms with Gasteiger partial charge in [0.15, 0.2) is 12.4 Å². The lowest BCUT2D eigenvalue weighted by Gasteiger charge is -2.10. The van der Waals surface area contributed by atoms with E-state index in [-0.39, 0.29) is 36.3 Å². The molecule has 1 N–H and O–H groups in total. The Morgan fingerprint density at radius 2 is 1.38 bits per heavy atom. The summed E-state index contributed by atoms with van der Waals surface area (Å²) in [6, 6.07) is 9.63. The Balaban J connectivity index is 0.00000684. The molecule has 0 saturated heterocycles. The second-order valence-corrected chi connectivity index (χ2v) is 10.4. The third kappa shape index (κ3) is 16.3. The fraction of sp³-hybridized carbons (Fsp3) is 0.613. The van der Waals surface area contributed by atoms with E-state index in [2.05, 4.69) is 12.2 Å². The maximum atomic E-state index is 12.3. The molecule has 0 unspecified atom stereocenters. The highest BCUT2D eigenvalue weighted by atomic mass is 127. The number of amides is 1. The van der Waals surface area contributed by atoms with Gasteiger partial charge in [0.25, 0.3) is 0 Å². The van der Waals surface area contributed by atoms with Crippen LogP contribution in [0.2, 0.25) is 5.02 Å². The summed E-state index contributed by atoms with van der Waals surface area (Å²) in [5.41, 5.74) is 1.89. The van der Waals surface area contributed by atoms with Crippen LogP contribution < -0.4 is 38.6 Å². The number of benzene rings is 1. The zero-order valence-corrected chi connectivity index (χ0v) is 26.0. The lowest BCUT2D eigenvalue weighted by atomic mass is 10.0. The van der Waals surface area contributed by atoms with E-state index < -0.39 is 0 Å². The van der Waals surface area contributed by atoms with E-state index >= 15 is 0 Å². The number of nitrogens with one attached hydrogen (secondary N) is 1. The third-order valence-electron chi connectivity index (χ3n) is 6.68. The molecule has 0 aliphatic heterocycles. The van der Waals surface area contributed by atoms with E-state index in [1.807, 2.05) is 54.3 Å². The van der Waals surface area contributed by atoms with Gasteiger partial charge in [-0.3, -0.25) is 4.79 Å². The minimum atomic E-state index is -0.0406. The highest BCUT2D eigenvalue weighted by Crippen LogP contribution is 2.23. The number of pyridine rings is 1. The fourth-order valence-electron chi connectivity index (χ4n) is 4.33. The summed E-state index contributed by atoms with van der Waals surface area (Å²) in [6.45, 7) is 3.50. The average molecular weight is 643 g/mol. The summed E-state index contributed by atoms with van der Waals surface area (Å²) in [7, 11) is 1.97. The van der Waals surface area contributed by atoms with Gasteiger partial charge in [-0.2, -0.15) is 0 Å². The van der Waals surface area contributed by atoms with Crippen molar-refractivity contribution in [3.05, 3.63) is 58.9 Å². The van der Waals surface area contributed by atoms with Crippen molar-refractivity contribution in [3.63, 3.8) is 0 Å². The Kier molecular flexibility index (Phi) is 19.6. The van der Waals surface area contributed by atoms with E-state index in [0.29, 0.717) is 18.2 Å². The van der Waals surface area contributed by atoms with Crippen LogP contribution in [0.5, 0.6) is 5.75 Å². The molecule has 1 amide bonds. The maximum Gasteiger partial charge on any atom is 0.224 e. The number of carbonyl (C=O) groups excluding carboxylic acids is 1. The molecule has 1 heterocycles. The Hall–Kier alpha value is -1.34. The second kappa shape index (κ2) is 21.6. The summed E-state index contributed by atoms with van der Waals surface area (Å²) in [5, 5.41) is 3.53. The van der Waals surface area contributed by atoms with Crippen molar-refractivity contribution >= 4 is 17.5 Å². The molecular formula is C31H48ClIN2O2. The van der Waals surface area contributed by atoms with Crippen LogP contribution in [0.4, 0.5) is 0 Å². The van der Waals surface area contributed by atoms with Gasteiger partial charge < -0.3 is 34.0 Å². The van der Waals surface area contributed by atoms with Crippen LogP contribution in [0.15, 0.2) is 42.7 Å². The van der Waals surface area contributed by atoms with Crippen molar-refractivity contribution in [2.24, 2.45) is 7.05 Å². The van der Waals surface area contributed by atoms with Gasteiger partial charge in [0, 0.05) is 23.7 Å². The van der Waals surface area contributed by atoms with Crippen molar-refractivity contribution in [1.29, 1.82) is 0 Å². The molecule has 1 aromatic carbocycles. The summed E-state index contributed by atoms with van der Waals surface area (Å²) in [4.78, 5) is 12.3. The largest absolute Gasteiger partial charge is 1.00 e. The molecule has 37 heavy (non-hydrogen) atoms. The van der Waals surface area contributed by atoms with Crippen LogP contribution in [0.1, 0.15) is 108 Å². The summed E-state index contributed by atoms with van der Waals surface area (Å²) in [6.07, 6.45) is 23.1. The normalized spacial score (nSPS) is 10.7. The van der Waals surface area contributed by atoms with Crippen LogP contribution >= 0.6 is 11.6 Å². The molecule has 0 bridgehead atoms. The molecule has 4 nitrogen and oxygen atoms in total. The van der Waals surface area contributed by atoms with Gasteiger partial charge >= 0.3 is 0 Å². The number of rotatable bonds is 20. The van der Waals surface area contributed by atoms with Gasteiger partial charge in [0.05, 0.1) is 13.0 Å². The monoisotopic (exact) mass is 642 g/mol. The molecule has 1 aromatic heterocycles. The highest BCUT2D eigenvalue weighted by Gasteiger charge is 2.09. The zero-order chi connectivity index (χ0) is 25.8. The van der Waals surface area contributed by atoms with Crippen LogP contribution in [0, 0.1) is 0 Å². The third-order valence-corrected chi connectivity index (χ3v) is 7.03. The van der Waals surface area contributed by atoms with Crippen LogP contribution in [-0.2, 0) is 24.8 Å². The van der Waals surface area contributed by atoms with Gasteiger partial charge in [-0.05, 0) is 29.7 Å². The SMILES string of the molecule is CCCCCCCCCCCCCCCCOc1ccc(CC(=O)NCc2cc[n+](C)cc2)c(Cl)c1.[I-]. The summed E-state index contributed by atoms with van der Waals surface area (Å²) >= 11 is 6.42. The molecule has 0 fully saturated rings. The first-order valence-corrected chi connectivity index (χ1v) is 14.6. The van der Waals surface area contributed by atoms with Crippen molar-refractivity contribution < 1.29 is 38.1 Å². The maximum absolute atomic E-state index is 12.3. The number of aromatic nitrogens is 1. The molecule has 0 saturated carbocycles. The van der Waals surface area contributed by atoms with E-state index in [4.69, 9.17) is 16.3 Å². The highest BCUT2D eigenvalue weighted by molar-refractivity contribution is 6.31. The molecule has 6 heteroatoms. The molecule has 0 aliphatic carbocycles. The van der Waals surface area contributed by atoms with Crippen molar-refractivity contribution in [1.82, 2.24) is 5.32 Å². The van der Waals surface area contributed by atoms with Crippen molar-refractivity contribution in [2.75, 3.05) is 6.61 Å². The average Bonchev–Trinajstić information content (AvgIpc) is 2.87. The van der Waals surface area contributed by atoms with Gasteiger partial charge in [-0.25, -0.2) is 4.57 Å². The zero-order valence-electron chi connectivity index (χ0n) is 23.1. The topological polar surface area (TPSA) is 42.2 Å². The Morgan fingerprint density at radius 1 is 0.838 bits per heavy atom. The predicted molar refractivity (Wildman–Crippen MR) is 150 cm³/mol. The lowest BCUT2D eigenvalue weighted by molar-refractivity contribution is -0.671. The molecule has 0 radical (unpaired) electrons. The van der Waals surface area contributed by atoms with Gasteiger partial charge in [-0.1, -0.05) is 108 Å². The molecule has 0 spiro atoms. The van der Waals surface area contributed by atoms with Crippen molar-refractivity contribution in [2.45, 2.75) is 110 Å². The number of hydrogen-bond donors (Lipinski definition) is 1. The molecule has 0 aliphatic rings. The summed E-state index contributed by atoms with van der Waals surface area (Å²) in [5.74, 6) is 0.734. The number of hydrogen-bond acceptors (Lipinski definition) is 2. The van der Waals surface area contributed by atoms with Gasteiger partial charge in [0.2, 0.25) is 5.91 Å². The van der Waals surface area contributed by atoms with Crippen molar-refractivity contribution in [3.8, 4) is 5.75 Å². The molecular weight excluding hydrogens is 595 g/mol. The number of carbonyl (C=O) groups is 1. The number of nitrogens with zero attached hydrogens (tertiary/aromatic N) is 1. The smallest absolute Gasteiger partial charge is 0.224 e. The van der Waals surface area contributed by atoms with Crippen LogP contribution in [0.25, 0.3) is 0 Å². The number of unbranched alkanes of at least 4 members (excludes halogenated alkanes) is 13. The Labute approximate surface area is 247 Å². The number of aryl methyl sites for hydroxylation is 1. The first-order valence-electron chi connectivity index (χ1n) is 14.2. The molecule has 2 rings (SSSR count). The Morgan fingerprint density at radius 3 is 1.92 bits per heavy atom. The van der Waals surface area contributed by atoms with Crippen LogP contribution in [0.3, 0.4) is 0 Å². The standard InChI is InChI=1S/C31H47ClN2O2.HI/c1-3-4-5-6-7-8-9-10-11-12-13-14-15-16-23-36-29-18-17-28(30(32)25-29)24-31(35)33-26-27-19-21-34(2)22-20-27;/h17-22,25H,3-16,23-24,26H2,1-2H3;1H. The Bertz CT molecular complexity index is 861. The molecule has 2 aromatic rings. The minimum absolute atomic E-state index is 0. The molecule has 208 valence electrons. The van der Waals surface area contributed by atoms with Gasteiger partial charge in [0.1, 0.15) is 12.8 Å². The van der Waals surface area contributed by atoms with E-state index in [1.165, 1.54) is 83.5 Å². The van der Waals surface area contributed by atoms with E-state index in [9.17, 15) is 4.79 Å². The fourth-order valence-corrected chi connectivity index (χ4v) is 4.57. The first kappa shape index (κ1) is 33.7. The predicted octanol–water partition coefficient (Wildman–Crippen LogP) is 4.89. The number of halogens is 2. The number of ether oxygens (including phenoxy) is 1. The quantitative estimate of drug-likeness (QED) is 0.127. The van der Waals surface area contributed by atoms with E-state index in [0.717, 1.165) is 23.3 Å². The van der Waals surface area contributed by atoms with E-state index in [1.54, 1.807) is 0 Å². The summed E-state index contributed by atoms with van der Waals surface area (Å²) < 4.78 is 7.85. The second-order valence-electron chi connectivity index (χ2n) is 10.0. The first-order chi connectivity index (χ1) is 17.6. The van der Waals surface area contributed by atoms with Crippen LogP contribution in [-0.4, -0.2) is 12.5 Å². The van der Waals surface area contributed by atoms with Gasteiger partial charge in [-0.15, -0.1) is 0 Å². The lowest BCUT2D eigenvalue weighted by Crippen LogP contribution is -3.00. The molecule has 0 atom stereocenters.